The van der Waals surface area contributed by atoms with E-state index in [9.17, 15) is 4.79 Å². The smallest absolute Gasteiger partial charge is 0.276 e. The van der Waals surface area contributed by atoms with Gasteiger partial charge in [0.15, 0.2) is 11.5 Å². The molecule has 0 aliphatic heterocycles. The Kier molecular flexibility index (Phi) is 5.34. The Morgan fingerprint density at radius 2 is 1.77 bits per heavy atom. The SMILES string of the molecule is COc1ccccc1Nc1ccc(C(=O)Nc2cccc(Cl)c2C)nn1. The molecule has 132 valence electrons. The fourth-order valence-electron chi connectivity index (χ4n) is 2.34. The van der Waals surface area contributed by atoms with Gasteiger partial charge in [0.05, 0.1) is 12.8 Å². The van der Waals surface area contributed by atoms with Crippen molar-refractivity contribution in [3.8, 4) is 5.75 Å². The van der Waals surface area contributed by atoms with E-state index in [0.29, 0.717) is 22.3 Å². The highest BCUT2D eigenvalue weighted by Crippen LogP contribution is 2.26. The van der Waals surface area contributed by atoms with Gasteiger partial charge < -0.3 is 15.4 Å². The van der Waals surface area contributed by atoms with Crippen LogP contribution in [0.2, 0.25) is 5.02 Å². The molecule has 0 bridgehead atoms. The maximum atomic E-state index is 12.4. The van der Waals surface area contributed by atoms with Crippen LogP contribution in [0.3, 0.4) is 0 Å². The van der Waals surface area contributed by atoms with Crippen molar-refractivity contribution in [2.75, 3.05) is 17.7 Å². The fourth-order valence-corrected chi connectivity index (χ4v) is 2.51. The largest absolute Gasteiger partial charge is 0.495 e. The van der Waals surface area contributed by atoms with Gasteiger partial charge in [-0.05, 0) is 48.9 Å². The number of nitrogens with zero attached hydrogens (tertiary/aromatic N) is 2. The third-order valence-corrected chi connectivity index (χ3v) is 4.19. The van der Waals surface area contributed by atoms with Gasteiger partial charge in [0.25, 0.3) is 5.91 Å². The molecule has 0 saturated heterocycles. The number of carbonyl (C=O) groups excluding carboxylic acids is 1. The minimum absolute atomic E-state index is 0.204. The molecular weight excluding hydrogens is 352 g/mol. The van der Waals surface area contributed by atoms with Crippen LogP contribution in [-0.2, 0) is 0 Å². The molecule has 0 fully saturated rings. The summed E-state index contributed by atoms with van der Waals surface area (Å²) < 4.78 is 5.28. The second-order valence-corrected chi connectivity index (χ2v) is 5.90. The lowest BCUT2D eigenvalue weighted by molar-refractivity contribution is 0.102. The molecule has 0 aliphatic rings. The van der Waals surface area contributed by atoms with Crippen molar-refractivity contribution in [2.45, 2.75) is 6.92 Å². The van der Waals surface area contributed by atoms with E-state index in [0.717, 1.165) is 11.3 Å². The van der Waals surface area contributed by atoms with E-state index in [4.69, 9.17) is 16.3 Å². The number of nitrogens with one attached hydrogen (secondary N) is 2. The molecule has 3 aromatic rings. The molecule has 26 heavy (non-hydrogen) atoms. The molecule has 0 atom stereocenters. The van der Waals surface area contributed by atoms with E-state index in [2.05, 4.69) is 20.8 Å². The van der Waals surface area contributed by atoms with Gasteiger partial charge in [0.2, 0.25) is 0 Å². The molecule has 0 saturated carbocycles. The zero-order chi connectivity index (χ0) is 18.5. The van der Waals surface area contributed by atoms with Gasteiger partial charge in [-0.15, -0.1) is 10.2 Å². The standard InChI is InChI=1S/C19H17ClN4O2/c1-12-13(20)6-5-8-14(12)22-19(25)16-10-11-18(24-23-16)21-15-7-3-4-9-17(15)26-2/h3-11H,1-2H3,(H,21,24)(H,22,25). The molecule has 0 radical (unpaired) electrons. The summed E-state index contributed by atoms with van der Waals surface area (Å²) in [7, 11) is 1.59. The Morgan fingerprint density at radius 3 is 2.50 bits per heavy atom. The topological polar surface area (TPSA) is 76.1 Å². The summed E-state index contributed by atoms with van der Waals surface area (Å²) in [5, 5.41) is 14.5. The monoisotopic (exact) mass is 368 g/mol. The lowest BCUT2D eigenvalue weighted by atomic mass is 10.2. The number of halogens is 1. The molecule has 7 heteroatoms. The Hall–Kier alpha value is -3.12. The van der Waals surface area contributed by atoms with Crippen LogP contribution in [0, 0.1) is 6.92 Å². The van der Waals surface area contributed by atoms with Gasteiger partial charge in [0.1, 0.15) is 5.75 Å². The first-order chi connectivity index (χ1) is 12.6. The summed E-state index contributed by atoms with van der Waals surface area (Å²) in [6.45, 7) is 1.84. The van der Waals surface area contributed by atoms with Crippen LogP contribution in [0.15, 0.2) is 54.6 Å². The highest BCUT2D eigenvalue weighted by atomic mass is 35.5. The third-order valence-electron chi connectivity index (χ3n) is 3.78. The predicted octanol–water partition coefficient (Wildman–Crippen LogP) is 4.44. The molecule has 1 amide bonds. The number of carbonyl (C=O) groups is 1. The van der Waals surface area contributed by atoms with Gasteiger partial charge in [-0.3, -0.25) is 4.79 Å². The van der Waals surface area contributed by atoms with Gasteiger partial charge >= 0.3 is 0 Å². The molecule has 1 heterocycles. The van der Waals surface area contributed by atoms with Crippen molar-refractivity contribution in [2.24, 2.45) is 0 Å². The Morgan fingerprint density at radius 1 is 1.00 bits per heavy atom. The van der Waals surface area contributed by atoms with Crippen LogP contribution < -0.4 is 15.4 Å². The summed E-state index contributed by atoms with van der Waals surface area (Å²) in [4.78, 5) is 12.4. The van der Waals surface area contributed by atoms with Gasteiger partial charge in [0, 0.05) is 10.7 Å². The number of hydrogen-bond donors (Lipinski definition) is 2. The number of para-hydroxylation sites is 2. The minimum atomic E-state index is -0.355. The van der Waals surface area contributed by atoms with E-state index in [1.54, 1.807) is 37.4 Å². The molecule has 2 aromatic carbocycles. The zero-order valence-electron chi connectivity index (χ0n) is 14.3. The summed E-state index contributed by atoms with van der Waals surface area (Å²) in [5.74, 6) is 0.837. The maximum Gasteiger partial charge on any atom is 0.276 e. The first kappa shape index (κ1) is 17.7. The first-order valence-electron chi connectivity index (χ1n) is 7.88. The van der Waals surface area contributed by atoms with E-state index >= 15 is 0 Å². The molecule has 1 aromatic heterocycles. The van der Waals surface area contributed by atoms with E-state index < -0.39 is 0 Å². The molecule has 6 nitrogen and oxygen atoms in total. The number of amides is 1. The summed E-state index contributed by atoms with van der Waals surface area (Å²) in [6.07, 6.45) is 0. The molecular formula is C19H17ClN4O2. The highest BCUT2D eigenvalue weighted by Gasteiger charge is 2.11. The average molecular weight is 369 g/mol. The lowest BCUT2D eigenvalue weighted by Gasteiger charge is -2.11. The minimum Gasteiger partial charge on any atom is -0.495 e. The number of anilines is 3. The molecule has 0 aliphatic carbocycles. The van der Waals surface area contributed by atoms with Crippen molar-refractivity contribution < 1.29 is 9.53 Å². The van der Waals surface area contributed by atoms with Crippen LogP contribution >= 0.6 is 11.6 Å². The first-order valence-corrected chi connectivity index (χ1v) is 8.26. The Labute approximate surface area is 156 Å². The van der Waals surface area contributed by atoms with Crippen molar-refractivity contribution in [1.29, 1.82) is 0 Å². The molecule has 0 unspecified atom stereocenters. The van der Waals surface area contributed by atoms with Gasteiger partial charge in [-0.1, -0.05) is 29.8 Å². The molecule has 2 N–H and O–H groups in total. The fraction of sp³-hybridized carbons (Fsp3) is 0.105. The Balaban J connectivity index is 1.73. The van der Waals surface area contributed by atoms with E-state index in [1.807, 2.05) is 31.2 Å². The normalized spacial score (nSPS) is 10.3. The number of benzene rings is 2. The van der Waals surface area contributed by atoms with Crippen LogP contribution in [0.5, 0.6) is 5.75 Å². The van der Waals surface area contributed by atoms with Crippen molar-refractivity contribution in [1.82, 2.24) is 10.2 Å². The third kappa shape index (κ3) is 3.92. The second kappa shape index (κ2) is 7.84. The Bertz CT molecular complexity index is 929. The summed E-state index contributed by atoms with van der Waals surface area (Å²) in [6, 6.07) is 16.1. The quantitative estimate of drug-likeness (QED) is 0.696. The lowest BCUT2D eigenvalue weighted by Crippen LogP contribution is -2.15. The van der Waals surface area contributed by atoms with Crippen LogP contribution in [-0.4, -0.2) is 23.2 Å². The summed E-state index contributed by atoms with van der Waals surface area (Å²) in [5.41, 5.74) is 2.40. The highest BCUT2D eigenvalue weighted by molar-refractivity contribution is 6.31. The number of methoxy groups -OCH3 is 1. The van der Waals surface area contributed by atoms with Gasteiger partial charge in [-0.25, -0.2) is 0 Å². The summed E-state index contributed by atoms with van der Waals surface area (Å²) >= 11 is 6.07. The molecule has 0 spiro atoms. The van der Waals surface area contributed by atoms with E-state index in [1.165, 1.54) is 0 Å². The van der Waals surface area contributed by atoms with Crippen LogP contribution in [0.4, 0.5) is 17.2 Å². The predicted molar refractivity (Wildman–Crippen MR) is 102 cm³/mol. The van der Waals surface area contributed by atoms with Crippen LogP contribution in [0.1, 0.15) is 16.1 Å². The number of hydrogen-bond acceptors (Lipinski definition) is 5. The maximum absolute atomic E-state index is 12.4. The van der Waals surface area contributed by atoms with Crippen LogP contribution in [0.25, 0.3) is 0 Å². The zero-order valence-corrected chi connectivity index (χ0v) is 15.0. The number of rotatable bonds is 5. The molecule has 3 rings (SSSR count). The number of ether oxygens (including phenoxy) is 1. The second-order valence-electron chi connectivity index (χ2n) is 5.50. The average Bonchev–Trinajstić information content (AvgIpc) is 2.66. The van der Waals surface area contributed by atoms with Crippen molar-refractivity contribution in [3.63, 3.8) is 0 Å². The van der Waals surface area contributed by atoms with Crippen molar-refractivity contribution >= 4 is 34.7 Å². The van der Waals surface area contributed by atoms with Crippen molar-refractivity contribution in [3.05, 3.63) is 70.9 Å². The number of aromatic nitrogens is 2. The van der Waals surface area contributed by atoms with E-state index in [-0.39, 0.29) is 11.6 Å². The van der Waals surface area contributed by atoms with Gasteiger partial charge in [-0.2, -0.15) is 0 Å².